The van der Waals surface area contributed by atoms with Gasteiger partial charge in [0.1, 0.15) is 6.04 Å². The highest BCUT2D eigenvalue weighted by Crippen LogP contribution is 2.30. The van der Waals surface area contributed by atoms with Crippen LogP contribution in [0.2, 0.25) is 0 Å². The molecule has 1 aliphatic heterocycles. The number of thiophene rings is 1. The molecule has 0 radical (unpaired) electrons. The zero-order valence-corrected chi connectivity index (χ0v) is 11.8. The van der Waals surface area contributed by atoms with E-state index in [0.717, 1.165) is 4.88 Å². The van der Waals surface area contributed by atoms with E-state index in [1.807, 2.05) is 17.5 Å². The first-order valence-electron chi connectivity index (χ1n) is 5.54. The molecule has 1 fully saturated rings. The summed E-state index contributed by atoms with van der Waals surface area (Å²) in [6.45, 7) is 1.67. The number of rotatable bonds is 2. The van der Waals surface area contributed by atoms with Gasteiger partial charge in [0.15, 0.2) is 9.84 Å². The average molecular weight is 289 g/mol. The summed E-state index contributed by atoms with van der Waals surface area (Å²) in [6.07, 6.45) is 0. The molecule has 0 saturated carbocycles. The molecule has 3 unspecified atom stereocenters. The number of hydrogen-bond acceptors (Lipinski definition) is 6. The van der Waals surface area contributed by atoms with Gasteiger partial charge in [-0.05, 0) is 18.4 Å². The number of methoxy groups -OCH3 is 1. The van der Waals surface area contributed by atoms with E-state index < -0.39 is 27.1 Å². The van der Waals surface area contributed by atoms with Crippen LogP contribution in [0.4, 0.5) is 0 Å². The van der Waals surface area contributed by atoms with Crippen molar-refractivity contribution in [1.82, 2.24) is 5.32 Å². The second-order valence-corrected chi connectivity index (χ2v) is 7.65. The lowest BCUT2D eigenvalue weighted by Crippen LogP contribution is -2.54. The quantitative estimate of drug-likeness (QED) is 0.813. The van der Waals surface area contributed by atoms with E-state index in [1.54, 1.807) is 6.92 Å². The van der Waals surface area contributed by atoms with Gasteiger partial charge in [-0.25, -0.2) is 8.42 Å². The molecule has 0 spiro atoms. The lowest BCUT2D eigenvalue weighted by molar-refractivity contribution is -0.142. The minimum Gasteiger partial charge on any atom is -0.468 e. The van der Waals surface area contributed by atoms with Crippen LogP contribution in [0.3, 0.4) is 0 Å². The maximum absolute atomic E-state index is 12.1. The number of carbonyl (C=O) groups excluding carboxylic acids is 1. The van der Waals surface area contributed by atoms with E-state index >= 15 is 0 Å². The maximum atomic E-state index is 12.1. The Morgan fingerprint density at radius 1 is 1.56 bits per heavy atom. The van der Waals surface area contributed by atoms with Crippen molar-refractivity contribution < 1.29 is 17.9 Å². The van der Waals surface area contributed by atoms with Gasteiger partial charge in [-0.1, -0.05) is 6.07 Å². The first-order valence-corrected chi connectivity index (χ1v) is 8.14. The molecule has 7 heteroatoms. The lowest BCUT2D eigenvalue weighted by Gasteiger charge is -2.33. The number of hydrogen-bond donors (Lipinski definition) is 1. The summed E-state index contributed by atoms with van der Waals surface area (Å²) in [5.41, 5.74) is 0. The molecule has 0 amide bonds. The molecular formula is C11H15NO4S2. The minimum absolute atomic E-state index is 0.206. The third-order valence-electron chi connectivity index (χ3n) is 3.15. The van der Waals surface area contributed by atoms with Gasteiger partial charge in [-0.3, -0.25) is 10.1 Å². The summed E-state index contributed by atoms with van der Waals surface area (Å²) in [5.74, 6) is -0.741. The van der Waals surface area contributed by atoms with Crippen LogP contribution in [0.25, 0.3) is 0 Å². The molecule has 2 rings (SSSR count). The van der Waals surface area contributed by atoms with Crippen molar-refractivity contribution in [2.45, 2.75) is 24.3 Å². The van der Waals surface area contributed by atoms with Crippen molar-refractivity contribution in [1.29, 1.82) is 0 Å². The molecule has 1 N–H and O–H groups in total. The van der Waals surface area contributed by atoms with E-state index in [4.69, 9.17) is 0 Å². The van der Waals surface area contributed by atoms with Crippen molar-refractivity contribution in [3.8, 4) is 0 Å². The number of esters is 1. The number of nitrogens with one attached hydrogen (secondary N) is 1. The largest absolute Gasteiger partial charge is 0.468 e. The Kier molecular flexibility index (Phi) is 3.74. The highest BCUT2D eigenvalue weighted by molar-refractivity contribution is 7.92. The van der Waals surface area contributed by atoms with Gasteiger partial charge in [-0.2, -0.15) is 0 Å². The van der Waals surface area contributed by atoms with Crippen LogP contribution in [-0.4, -0.2) is 38.5 Å². The molecule has 0 aromatic carbocycles. The zero-order valence-electron chi connectivity index (χ0n) is 10.1. The molecule has 3 atom stereocenters. The summed E-state index contributed by atoms with van der Waals surface area (Å²) < 4.78 is 28.8. The molecule has 1 aromatic heterocycles. The minimum atomic E-state index is -3.30. The van der Waals surface area contributed by atoms with Crippen molar-refractivity contribution in [2.24, 2.45) is 0 Å². The van der Waals surface area contributed by atoms with Crippen LogP contribution in [0.15, 0.2) is 17.5 Å². The van der Waals surface area contributed by atoms with Gasteiger partial charge in [0.05, 0.1) is 24.2 Å². The third kappa shape index (κ3) is 2.43. The van der Waals surface area contributed by atoms with E-state index in [0.29, 0.717) is 0 Å². The Hall–Kier alpha value is -0.920. The monoisotopic (exact) mass is 289 g/mol. The molecule has 0 aliphatic carbocycles. The first-order chi connectivity index (χ1) is 8.45. The Morgan fingerprint density at radius 2 is 2.28 bits per heavy atom. The smallest absolute Gasteiger partial charge is 0.323 e. The summed E-state index contributed by atoms with van der Waals surface area (Å²) in [4.78, 5) is 12.4. The second-order valence-electron chi connectivity index (χ2n) is 4.27. The van der Waals surface area contributed by atoms with Crippen molar-refractivity contribution in [3.05, 3.63) is 22.4 Å². The Morgan fingerprint density at radius 3 is 2.83 bits per heavy atom. The van der Waals surface area contributed by atoms with E-state index in [1.165, 1.54) is 18.4 Å². The fourth-order valence-corrected chi connectivity index (χ4v) is 4.67. The van der Waals surface area contributed by atoms with Crippen LogP contribution < -0.4 is 5.32 Å². The molecule has 1 aliphatic rings. The molecule has 0 bridgehead atoms. The van der Waals surface area contributed by atoms with E-state index in [2.05, 4.69) is 10.1 Å². The first kappa shape index (κ1) is 13.5. The molecule has 1 saturated heterocycles. The van der Waals surface area contributed by atoms with Gasteiger partial charge < -0.3 is 4.74 Å². The predicted molar refractivity (Wildman–Crippen MR) is 69.2 cm³/mol. The highest BCUT2D eigenvalue weighted by atomic mass is 32.2. The number of ether oxygens (including phenoxy) is 1. The maximum Gasteiger partial charge on any atom is 0.323 e. The molecule has 5 nitrogen and oxygen atoms in total. The predicted octanol–water partition coefficient (Wildman–Crippen LogP) is 0.737. The SMILES string of the molecule is COC(=O)C1CS(=O)(=O)C(C)C(c2cccs2)N1. The van der Waals surface area contributed by atoms with Gasteiger partial charge in [0.2, 0.25) is 0 Å². The highest BCUT2D eigenvalue weighted by Gasteiger charge is 2.42. The number of carbonyl (C=O) groups is 1. The molecular weight excluding hydrogens is 274 g/mol. The Balaban J connectivity index is 2.32. The third-order valence-corrected chi connectivity index (χ3v) is 6.31. The van der Waals surface area contributed by atoms with Gasteiger partial charge in [0.25, 0.3) is 0 Å². The average Bonchev–Trinajstić information content (AvgIpc) is 2.84. The van der Waals surface area contributed by atoms with Gasteiger partial charge in [-0.15, -0.1) is 11.3 Å². The molecule has 1 aromatic rings. The second kappa shape index (κ2) is 4.99. The standard InChI is InChI=1S/C11H15NO4S2/c1-7-10(9-4-3-5-17-9)12-8(11(13)16-2)6-18(7,14)15/h3-5,7-8,10,12H,6H2,1-2H3. The van der Waals surface area contributed by atoms with Crippen LogP contribution >= 0.6 is 11.3 Å². The van der Waals surface area contributed by atoms with Crippen LogP contribution in [-0.2, 0) is 19.4 Å². The van der Waals surface area contributed by atoms with Gasteiger partial charge in [0, 0.05) is 4.88 Å². The van der Waals surface area contributed by atoms with E-state index in [-0.39, 0.29) is 11.8 Å². The fourth-order valence-electron chi connectivity index (χ4n) is 2.05. The van der Waals surface area contributed by atoms with Crippen molar-refractivity contribution in [2.75, 3.05) is 12.9 Å². The molecule has 18 heavy (non-hydrogen) atoms. The number of sulfone groups is 1. The molecule has 2 heterocycles. The zero-order chi connectivity index (χ0) is 13.3. The van der Waals surface area contributed by atoms with Crippen molar-refractivity contribution >= 4 is 27.1 Å². The normalized spacial score (nSPS) is 30.9. The van der Waals surface area contributed by atoms with Crippen LogP contribution in [0, 0.1) is 0 Å². The lowest BCUT2D eigenvalue weighted by atomic mass is 10.1. The summed E-state index contributed by atoms with van der Waals surface area (Å²) in [7, 11) is -2.04. The topological polar surface area (TPSA) is 72.5 Å². The molecule has 100 valence electrons. The fraction of sp³-hybridized carbons (Fsp3) is 0.545. The van der Waals surface area contributed by atoms with E-state index in [9.17, 15) is 13.2 Å². The van der Waals surface area contributed by atoms with Crippen LogP contribution in [0.1, 0.15) is 17.8 Å². The van der Waals surface area contributed by atoms with Gasteiger partial charge >= 0.3 is 5.97 Å². The summed E-state index contributed by atoms with van der Waals surface area (Å²) in [6, 6.07) is 2.59. The van der Waals surface area contributed by atoms with Crippen molar-refractivity contribution in [3.63, 3.8) is 0 Å². The Labute approximate surface area is 110 Å². The van der Waals surface area contributed by atoms with Crippen LogP contribution in [0.5, 0.6) is 0 Å². The Bertz CT molecular complexity index is 523. The summed E-state index contributed by atoms with van der Waals surface area (Å²) >= 11 is 1.48. The summed E-state index contributed by atoms with van der Waals surface area (Å²) in [5, 5.41) is 4.41.